The summed E-state index contributed by atoms with van der Waals surface area (Å²) in [6, 6.07) is 6.33. The predicted molar refractivity (Wildman–Crippen MR) is 75.3 cm³/mol. The van der Waals surface area contributed by atoms with E-state index in [0.29, 0.717) is 12.0 Å². The van der Waals surface area contributed by atoms with E-state index in [-0.39, 0.29) is 11.8 Å². The maximum absolute atomic E-state index is 11.7. The molecule has 1 aliphatic heterocycles. The van der Waals surface area contributed by atoms with Gasteiger partial charge >= 0.3 is 0 Å². The highest BCUT2D eigenvalue weighted by Crippen LogP contribution is 2.38. The second-order valence-electron chi connectivity index (χ2n) is 4.04. The summed E-state index contributed by atoms with van der Waals surface area (Å²) in [4.78, 5) is 14.0. The van der Waals surface area contributed by atoms with E-state index >= 15 is 0 Å². The minimum Gasteiger partial charge on any atom is -0.320 e. The summed E-state index contributed by atoms with van der Waals surface area (Å²) in [6.07, 6.45) is 0.372. The van der Waals surface area contributed by atoms with Crippen LogP contribution in [0.15, 0.2) is 22.7 Å². The van der Waals surface area contributed by atoms with Crippen molar-refractivity contribution in [2.75, 3.05) is 5.75 Å². The van der Waals surface area contributed by atoms with Crippen LogP contribution in [0.5, 0.6) is 0 Å². The van der Waals surface area contributed by atoms with Crippen molar-refractivity contribution in [1.82, 2.24) is 5.32 Å². The molecule has 1 aliphatic rings. The van der Waals surface area contributed by atoms with Gasteiger partial charge in [0.05, 0.1) is 16.7 Å². The lowest BCUT2D eigenvalue weighted by Crippen LogP contribution is -2.30. The van der Waals surface area contributed by atoms with Gasteiger partial charge in [0.2, 0.25) is 5.91 Å². The van der Waals surface area contributed by atoms with Gasteiger partial charge in [-0.15, -0.1) is 23.1 Å². The number of nitrogens with one attached hydrogen (secondary N) is 1. The Hall–Kier alpha value is -1.25. The summed E-state index contributed by atoms with van der Waals surface area (Å²) < 4.78 is 0. The summed E-state index contributed by atoms with van der Waals surface area (Å²) in [5.41, 5.74) is 0.698. The molecule has 2 heterocycles. The van der Waals surface area contributed by atoms with E-state index in [1.165, 1.54) is 16.6 Å². The van der Waals surface area contributed by atoms with E-state index < -0.39 is 0 Å². The minimum atomic E-state index is -0.0727. The molecule has 94 valence electrons. The Morgan fingerprint density at radius 1 is 1.61 bits per heavy atom. The van der Waals surface area contributed by atoms with Crippen molar-refractivity contribution in [3.63, 3.8) is 0 Å². The molecule has 3 nitrogen and oxygen atoms in total. The first kappa shape index (κ1) is 13.2. The number of nitrogens with zero attached hydrogens (tertiary/aromatic N) is 1. The van der Waals surface area contributed by atoms with Crippen molar-refractivity contribution in [2.24, 2.45) is 0 Å². The molecule has 0 fully saturated rings. The quantitative estimate of drug-likeness (QED) is 0.924. The van der Waals surface area contributed by atoms with E-state index in [0.717, 1.165) is 15.7 Å². The number of thioether (sulfide) groups is 1. The van der Waals surface area contributed by atoms with Gasteiger partial charge in [0.25, 0.3) is 0 Å². The molecule has 5 heteroatoms. The van der Waals surface area contributed by atoms with Gasteiger partial charge in [-0.3, -0.25) is 4.79 Å². The number of allylic oxidation sites excluding steroid dienone is 1. The average Bonchev–Trinajstić information content (AvgIpc) is 2.75. The number of hydrogen-bond donors (Lipinski definition) is 1. The molecule has 1 N–H and O–H groups in total. The standard InChI is InChI=1S/C13H14N2OS2/c1-3-17-13-10(7-14)9(6-12(16)15-13)11-5-4-8(2)18-11/h4-5,9H,3,6H2,1-2H3,(H,15,16)/t9-/m1/s1. The zero-order valence-electron chi connectivity index (χ0n) is 10.3. The van der Waals surface area contributed by atoms with E-state index in [1.54, 1.807) is 11.3 Å². The third-order valence-electron chi connectivity index (χ3n) is 2.75. The van der Waals surface area contributed by atoms with Crippen LogP contribution in [0.3, 0.4) is 0 Å². The summed E-state index contributed by atoms with van der Waals surface area (Å²) in [7, 11) is 0. The Morgan fingerprint density at radius 3 is 2.94 bits per heavy atom. The molecule has 0 aromatic carbocycles. The molecule has 1 amide bonds. The fraction of sp³-hybridized carbons (Fsp3) is 0.385. The Labute approximate surface area is 115 Å². The minimum absolute atomic E-state index is 0.000929. The van der Waals surface area contributed by atoms with E-state index in [2.05, 4.69) is 11.4 Å². The fourth-order valence-corrected chi connectivity index (χ4v) is 3.77. The predicted octanol–water partition coefficient (Wildman–Crippen LogP) is 3.15. The second kappa shape index (κ2) is 5.59. The average molecular weight is 278 g/mol. The number of rotatable bonds is 3. The Bertz CT molecular complexity index is 539. The molecule has 0 unspecified atom stereocenters. The smallest absolute Gasteiger partial charge is 0.225 e. The Kier molecular flexibility index (Phi) is 4.10. The zero-order chi connectivity index (χ0) is 13.1. The van der Waals surface area contributed by atoms with Gasteiger partial charge in [-0.25, -0.2) is 0 Å². The number of amides is 1. The lowest BCUT2D eigenvalue weighted by molar-refractivity contribution is -0.120. The largest absolute Gasteiger partial charge is 0.320 e. The first-order valence-electron chi connectivity index (χ1n) is 5.79. The maximum atomic E-state index is 11.7. The van der Waals surface area contributed by atoms with Crippen LogP contribution < -0.4 is 5.32 Å². The monoisotopic (exact) mass is 278 g/mol. The number of carbonyl (C=O) groups is 1. The first-order chi connectivity index (χ1) is 8.65. The number of aryl methyl sites for hydroxylation is 1. The van der Waals surface area contributed by atoms with Gasteiger partial charge in [-0.2, -0.15) is 5.26 Å². The van der Waals surface area contributed by atoms with Crippen LogP contribution >= 0.6 is 23.1 Å². The van der Waals surface area contributed by atoms with E-state index in [9.17, 15) is 10.1 Å². The van der Waals surface area contributed by atoms with Crippen LogP contribution in [-0.4, -0.2) is 11.7 Å². The lowest BCUT2D eigenvalue weighted by Gasteiger charge is -2.23. The molecular formula is C13H14N2OS2. The van der Waals surface area contributed by atoms with Gasteiger partial charge in [-0.05, 0) is 24.8 Å². The number of thiophene rings is 1. The lowest BCUT2D eigenvalue weighted by atomic mass is 9.92. The number of hydrogen-bond acceptors (Lipinski definition) is 4. The summed E-state index contributed by atoms with van der Waals surface area (Å²) in [5, 5.41) is 12.9. The van der Waals surface area contributed by atoms with Crippen LogP contribution in [0.25, 0.3) is 0 Å². The Balaban J connectivity index is 2.42. The van der Waals surface area contributed by atoms with Gasteiger partial charge in [0.15, 0.2) is 0 Å². The van der Waals surface area contributed by atoms with Gasteiger partial charge < -0.3 is 5.32 Å². The SMILES string of the molecule is CCSC1=C(C#N)[C@H](c2ccc(C)s2)CC(=O)N1. The number of carbonyl (C=O) groups excluding carboxylic acids is 1. The normalized spacial score (nSPS) is 19.6. The van der Waals surface area contributed by atoms with E-state index in [1.807, 2.05) is 26.0 Å². The highest BCUT2D eigenvalue weighted by molar-refractivity contribution is 8.03. The van der Waals surface area contributed by atoms with E-state index in [4.69, 9.17) is 0 Å². The third kappa shape index (κ3) is 2.60. The van der Waals surface area contributed by atoms with Crippen LogP contribution in [-0.2, 0) is 4.79 Å². The molecular weight excluding hydrogens is 264 g/mol. The summed E-state index contributed by atoms with van der Waals surface area (Å²) >= 11 is 3.18. The maximum Gasteiger partial charge on any atom is 0.225 e. The molecule has 1 aromatic rings. The molecule has 0 bridgehead atoms. The van der Waals surface area contributed by atoms with Crippen molar-refractivity contribution in [3.05, 3.63) is 32.5 Å². The second-order valence-corrected chi connectivity index (χ2v) is 6.63. The molecule has 1 atom stereocenters. The van der Waals surface area contributed by atoms with Crippen molar-refractivity contribution >= 4 is 29.0 Å². The molecule has 2 rings (SSSR count). The van der Waals surface area contributed by atoms with Crippen LogP contribution in [0.2, 0.25) is 0 Å². The van der Waals surface area contributed by atoms with Gasteiger partial charge in [0.1, 0.15) is 0 Å². The Morgan fingerprint density at radius 2 is 2.39 bits per heavy atom. The summed E-state index contributed by atoms with van der Waals surface area (Å²) in [5.74, 6) is 0.772. The van der Waals surface area contributed by atoms with Crippen molar-refractivity contribution in [1.29, 1.82) is 5.26 Å². The summed E-state index contributed by atoms with van der Waals surface area (Å²) in [6.45, 7) is 4.05. The highest BCUT2D eigenvalue weighted by atomic mass is 32.2. The topological polar surface area (TPSA) is 52.9 Å². The highest BCUT2D eigenvalue weighted by Gasteiger charge is 2.30. The molecule has 18 heavy (non-hydrogen) atoms. The fourth-order valence-electron chi connectivity index (χ4n) is 1.96. The zero-order valence-corrected chi connectivity index (χ0v) is 12.0. The molecule has 0 spiro atoms. The van der Waals surface area contributed by atoms with Crippen LogP contribution in [0, 0.1) is 18.3 Å². The molecule has 1 aromatic heterocycles. The van der Waals surface area contributed by atoms with Gasteiger partial charge in [-0.1, -0.05) is 6.92 Å². The van der Waals surface area contributed by atoms with Crippen molar-refractivity contribution in [3.8, 4) is 6.07 Å². The van der Waals surface area contributed by atoms with Crippen molar-refractivity contribution in [2.45, 2.75) is 26.2 Å². The molecule has 0 saturated heterocycles. The molecule has 0 saturated carbocycles. The van der Waals surface area contributed by atoms with Crippen molar-refractivity contribution < 1.29 is 4.79 Å². The van der Waals surface area contributed by atoms with Gasteiger partial charge in [0, 0.05) is 22.1 Å². The first-order valence-corrected chi connectivity index (χ1v) is 7.59. The van der Waals surface area contributed by atoms with Crippen LogP contribution in [0.1, 0.15) is 29.0 Å². The molecule has 0 radical (unpaired) electrons. The third-order valence-corrected chi connectivity index (χ3v) is 4.76. The number of nitriles is 1. The van der Waals surface area contributed by atoms with Crippen LogP contribution in [0.4, 0.5) is 0 Å². The molecule has 0 aliphatic carbocycles.